The zero-order valence-electron chi connectivity index (χ0n) is 17.2. The molecule has 0 spiro atoms. The zero-order valence-corrected chi connectivity index (χ0v) is 17.2. The van der Waals surface area contributed by atoms with Crippen molar-refractivity contribution >= 4 is 11.5 Å². The van der Waals surface area contributed by atoms with Gasteiger partial charge in [0.05, 0.1) is 19.6 Å². The molecule has 1 saturated carbocycles. The smallest absolute Gasteiger partial charge is 0.309 e. The van der Waals surface area contributed by atoms with E-state index in [1.54, 1.807) is 0 Å². The Bertz CT molecular complexity index is 953. The van der Waals surface area contributed by atoms with Crippen LogP contribution in [0.1, 0.15) is 24.0 Å². The number of ether oxygens (including phenoxy) is 2. The van der Waals surface area contributed by atoms with Crippen LogP contribution in [0.2, 0.25) is 0 Å². The van der Waals surface area contributed by atoms with Gasteiger partial charge in [-0.15, -0.1) is 0 Å². The number of hydrogen-bond donors (Lipinski definition) is 0. The van der Waals surface area contributed by atoms with Gasteiger partial charge in [0.25, 0.3) is 0 Å². The average molecular weight is 399 g/mol. The van der Waals surface area contributed by atoms with Crippen molar-refractivity contribution in [3.63, 3.8) is 0 Å². The van der Waals surface area contributed by atoms with Crippen LogP contribution in [0.3, 0.4) is 0 Å². The average Bonchev–Trinajstić information content (AvgIpc) is 3.23. The third-order valence-corrected chi connectivity index (χ3v) is 5.73. The van der Waals surface area contributed by atoms with E-state index in [0.717, 1.165) is 12.2 Å². The van der Waals surface area contributed by atoms with E-state index in [-0.39, 0.29) is 17.8 Å². The van der Waals surface area contributed by atoms with E-state index in [4.69, 9.17) is 9.47 Å². The fraction of sp³-hybridized carbons (Fsp3) is 0.222. The lowest BCUT2D eigenvalue weighted by Gasteiger charge is -2.17. The van der Waals surface area contributed by atoms with Gasteiger partial charge in [-0.1, -0.05) is 84.4 Å². The maximum atomic E-state index is 12.6. The highest BCUT2D eigenvalue weighted by atomic mass is 16.5. The Kier molecular flexibility index (Phi) is 6.29. The van der Waals surface area contributed by atoms with E-state index in [0.29, 0.717) is 13.0 Å². The van der Waals surface area contributed by atoms with Crippen molar-refractivity contribution in [1.29, 1.82) is 0 Å². The molecule has 3 aromatic carbocycles. The summed E-state index contributed by atoms with van der Waals surface area (Å²) in [5.74, 6) is 0.545. The van der Waals surface area contributed by atoms with Crippen molar-refractivity contribution in [1.82, 2.24) is 0 Å². The number of carbonyl (C=O) groups is 1. The van der Waals surface area contributed by atoms with E-state index in [2.05, 4.69) is 48.5 Å². The molecule has 0 amide bonds. The van der Waals surface area contributed by atoms with E-state index >= 15 is 0 Å². The molecule has 3 aromatic rings. The van der Waals surface area contributed by atoms with E-state index < -0.39 is 0 Å². The molecule has 3 nitrogen and oxygen atoms in total. The van der Waals surface area contributed by atoms with Crippen LogP contribution in [0.5, 0.6) is 5.75 Å². The topological polar surface area (TPSA) is 35.5 Å². The van der Waals surface area contributed by atoms with Gasteiger partial charge in [-0.25, -0.2) is 0 Å². The summed E-state index contributed by atoms with van der Waals surface area (Å²) in [6.45, 7) is 0.490. The van der Waals surface area contributed by atoms with Crippen LogP contribution in [-0.4, -0.2) is 19.7 Å². The number of esters is 1. The Labute approximate surface area is 178 Å². The summed E-state index contributed by atoms with van der Waals surface area (Å²) in [4.78, 5) is 12.6. The molecular weight excluding hydrogens is 372 g/mol. The first-order chi connectivity index (χ1) is 14.8. The summed E-state index contributed by atoms with van der Waals surface area (Å²) in [5, 5.41) is 0. The number of methoxy groups -OCH3 is 1. The molecule has 0 bridgehead atoms. The minimum atomic E-state index is -0.198. The molecule has 0 saturated heterocycles. The first kappa shape index (κ1) is 20.0. The number of hydrogen-bond acceptors (Lipinski definition) is 3. The maximum absolute atomic E-state index is 12.6. The van der Waals surface area contributed by atoms with Crippen LogP contribution >= 0.6 is 0 Å². The normalized spacial score (nSPS) is 18.1. The van der Waals surface area contributed by atoms with Gasteiger partial charge in [0, 0.05) is 5.92 Å². The molecule has 0 radical (unpaired) electrons. The zero-order chi connectivity index (χ0) is 20.8. The molecule has 152 valence electrons. The minimum Gasteiger partial charge on any atom is -0.493 e. The fourth-order valence-electron chi connectivity index (χ4n) is 4.29. The maximum Gasteiger partial charge on any atom is 0.309 e. The fourth-order valence-corrected chi connectivity index (χ4v) is 4.29. The first-order valence-corrected chi connectivity index (χ1v) is 10.3. The van der Waals surface area contributed by atoms with Crippen molar-refractivity contribution in [3.8, 4) is 5.75 Å². The number of allylic oxidation sites excluding steroid dienone is 1. The summed E-state index contributed by atoms with van der Waals surface area (Å²) in [6, 6.07) is 30.6. The van der Waals surface area contributed by atoms with Gasteiger partial charge in [-0.2, -0.15) is 0 Å². The van der Waals surface area contributed by atoms with Gasteiger partial charge in [0.2, 0.25) is 0 Å². The Hall–Kier alpha value is -3.33. The van der Waals surface area contributed by atoms with Gasteiger partial charge < -0.3 is 9.47 Å². The molecule has 0 heterocycles. The highest BCUT2D eigenvalue weighted by Gasteiger charge is 2.38. The minimum absolute atomic E-state index is 0.0788. The van der Waals surface area contributed by atoms with Gasteiger partial charge in [0.15, 0.2) is 0 Å². The van der Waals surface area contributed by atoms with Crippen LogP contribution < -0.4 is 4.74 Å². The quantitative estimate of drug-likeness (QED) is 0.495. The van der Waals surface area contributed by atoms with Crippen molar-refractivity contribution in [3.05, 3.63) is 108 Å². The molecule has 1 aliphatic rings. The second kappa shape index (κ2) is 9.45. The van der Waals surface area contributed by atoms with E-state index in [9.17, 15) is 4.79 Å². The van der Waals surface area contributed by atoms with Crippen LogP contribution in [0.4, 0.5) is 0 Å². The number of carbonyl (C=O) groups excluding carboxylic acids is 1. The van der Waals surface area contributed by atoms with Crippen molar-refractivity contribution in [2.75, 3.05) is 13.7 Å². The number of benzene rings is 3. The van der Waals surface area contributed by atoms with Crippen LogP contribution in [-0.2, 0) is 9.53 Å². The summed E-state index contributed by atoms with van der Waals surface area (Å²) >= 11 is 0. The van der Waals surface area contributed by atoms with Gasteiger partial charge >= 0.3 is 5.97 Å². The third kappa shape index (κ3) is 4.46. The van der Waals surface area contributed by atoms with Gasteiger partial charge in [-0.05, 0) is 41.7 Å². The Morgan fingerprint density at radius 1 is 0.800 bits per heavy atom. The summed E-state index contributed by atoms with van der Waals surface area (Å²) in [6.07, 6.45) is 1.50. The predicted molar refractivity (Wildman–Crippen MR) is 119 cm³/mol. The Morgan fingerprint density at radius 3 is 1.87 bits per heavy atom. The molecule has 3 heteroatoms. The molecule has 4 rings (SSSR count). The molecule has 1 aliphatic carbocycles. The first-order valence-electron chi connectivity index (χ1n) is 10.3. The highest BCUT2D eigenvalue weighted by Crippen LogP contribution is 2.43. The van der Waals surface area contributed by atoms with Crippen LogP contribution in [0, 0.1) is 11.8 Å². The van der Waals surface area contributed by atoms with Crippen LogP contribution in [0.25, 0.3) is 5.57 Å². The standard InChI is InChI=1S/C27H26O3/c1-29-27(28)25-18-22(17-23(25)19-30-24-15-9-4-10-16-24)26(20-11-5-2-6-12-20)21-13-7-3-8-14-21/h2-16,23,25H,17-19H2,1H3. The SMILES string of the molecule is COC(=O)C1CC(=C(c2ccccc2)c2ccccc2)CC1COc1ccccc1. The third-order valence-electron chi connectivity index (χ3n) is 5.73. The number of rotatable bonds is 6. The molecular formula is C27H26O3. The Morgan fingerprint density at radius 2 is 1.33 bits per heavy atom. The van der Waals surface area contributed by atoms with Gasteiger partial charge in [-0.3, -0.25) is 4.79 Å². The van der Waals surface area contributed by atoms with Crippen molar-refractivity contribution < 1.29 is 14.3 Å². The van der Waals surface area contributed by atoms with Crippen LogP contribution in [0.15, 0.2) is 96.6 Å². The Balaban J connectivity index is 1.68. The highest BCUT2D eigenvalue weighted by molar-refractivity contribution is 5.84. The molecule has 2 unspecified atom stereocenters. The second-order valence-electron chi connectivity index (χ2n) is 7.63. The second-order valence-corrected chi connectivity index (χ2v) is 7.63. The van der Waals surface area contributed by atoms with Gasteiger partial charge in [0.1, 0.15) is 5.75 Å². The largest absolute Gasteiger partial charge is 0.493 e. The number of para-hydroxylation sites is 1. The molecule has 0 aliphatic heterocycles. The van der Waals surface area contributed by atoms with E-state index in [1.165, 1.54) is 29.4 Å². The lowest BCUT2D eigenvalue weighted by molar-refractivity contribution is -0.147. The molecule has 0 N–H and O–H groups in total. The monoisotopic (exact) mass is 398 g/mol. The lowest BCUT2D eigenvalue weighted by atomic mass is 9.92. The predicted octanol–water partition coefficient (Wildman–Crippen LogP) is 5.77. The molecule has 1 fully saturated rings. The molecule has 30 heavy (non-hydrogen) atoms. The summed E-state index contributed by atoms with van der Waals surface area (Å²) in [5.41, 5.74) is 4.84. The summed E-state index contributed by atoms with van der Waals surface area (Å²) < 4.78 is 11.2. The molecule has 0 aromatic heterocycles. The van der Waals surface area contributed by atoms with Crippen molar-refractivity contribution in [2.45, 2.75) is 12.8 Å². The lowest BCUT2D eigenvalue weighted by Crippen LogP contribution is -2.24. The van der Waals surface area contributed by atoms with Crippen molar-refractivity contribution in [2.24, 2.45) is 11.8 Å². The summed E-state index contributed by atoms with van der Waals surface area (Å²) in [7, 11) is 1.47. The van der Waals surface area contributed by atoms with E-state index in [1.807, 2.05) is 42.5 Å². The molecule has 2 atom stereocenters.